The van der Waals surface area contributed by atoms with Crippen LogP contribution in [0.2, 0.25) is 0 Å². The molecule has 1 fully saturated rings. The summed E-state index contributed by atoms with van der Waals surface area (Å²) >= 11 is 0. The lowest BCUT2D eigenvalue weighted by Gasteiger charge is -2.31. The van der Waals surface area contributed by atoms with Gasteiger partial charge in [0.25, 0.3) is 0 Å². The molecule has 0 aromatic carbocycles. The van der Waals surface area contributed by atoms with Crippen molar-refractivity contribution in [3.63, 3.8) is 0 Å². The second-order valence-corrected chi connectivity index (χ2v) is 8.36. The van der Waals surface area contributed by atoms with Crippen LogP contribution in [0.5, 0.6) is 0 Å². The second-order valence-electron chi connectivity index (χ2n) is 8.36. The van der Waals surface area contributed by atoms with Crippen molar-refractivity contribution in [2.45, 2.75) is 77.2 Å². The topological polar surface area (TPSA) is 108 Å². The molecule has 1 aromatic heterocycles. The molecule has 30 heavy (non-hydrogen) atoms. The van der Waals surface area contributed by atoms with Crippen molar-refractivity contribution in [1.29, 1.82) is 0 Å². The van der Waals surface area contributed by atoms with E-state index in [9.17, 15) is 9.90 Å². The SMILES string of the molecule is CCNC(=NCC(O)c1ccncc1)NC1CCC(NC(=O)OC(C)(C)C)CC1.I. The molecule has 1 aliphatic rings. The van der Waals surface area contributed by atoms with E-state index in [0.29, 0.717) is 5.96 Å². The molecule has 2 rings (SSSR count). The highest BCUT2D eigenvalue weighted by Gasteiger charge is 2.25. The third kappa shape index (κ3) is 9.92. The van der Waals surface area contributed by atoms with Crippen molar-refractivity contribution in [1.82, 2.24) is 20.9 Å². The zero-order valence-electron chi connectivity index (χ0n) is 18.4. The van der Waals surface area contributed by atoms with E-state index in [1.165, 1.54) is 0 Å². The number of aliphatic hydroxyl groups excluding tert-OH is 1. The van der Waals surface area contributed by atoms with Crippen molar-refractivity contribution in [3.8, 4) is 0 Å². The van der Waals surface area contributed by atoms with E-state index < -0.39 is 11.7 Å². The maximum atomic E-state index is 11.9. The molecule has 1 saturated carbocycles. The van der Waals surface area contributed by atoms with Crippen LogP contribution in [0.15, 0.2) is 29.5 Å². The van der Waals surface area contributed by atoms with E-state index in [0.717, 1.165) is 37.8 Å². The van der Waals surface area contributed by atoms with Crippen LogP contribution in [0.1, 0.15) is 65.0 Å². The first-order valence-electron chi connectivity index (χ1n) is 10.4. The largest absolute Gasteiger partial charge is 0.444 e. The molecule has 1 unspecified atom stereocenters. The van der Waals surface area contributed by atoms with Gasteiger partial charge in [0, 0.05) is 31.0 Å². The van der Waals surface area contributed by atoms with Gasteiger partial charge < -0.3 is 25.8 Å². The number of guanidine groups is 1. The third-order valence-electron chi connectivity index (χ3n) is 4.65. The minimum absolute atomic E-state index is 0. The molecule has 0 saturated heterocycles. The molecule has 0 radical (unpaired) electrons. The monoisotopic (exact) mass is 533 g/mol. The summed E-state index contributed by atoms with van der Waals surface area (Å²) in [5.41, 5.74) is 0.314. The van der Waals surface area contributed by atoms with Gasteiger partial charge in [0.15, 0.2) is 5.96 Å². The standard InChI is InChI=1S/C21H35N5O3.HI/c1-5-23-19(24-14-18(27)15-10-12-22-13-11-15)25-16-6-8-17(9-7-16)26-20(28)29-21(2,3)4;/h10-13,16-18,27H,5-9,14H2,1-4H3,(H,26,28)(H2,23,24,25);1H. The normalized spacial score (nSPS) is 20.5. The number of halogens is 1. The number of nitrogens with zero attached hydrogens (tertiary/aromatic N) is 2. The molecular weight excluding hydrogens is 497 g/mol. The highest BCUT2D eigenvalue weighted by Crippen LogP contribution is 2.19. The van der Waals surface area contributed by atoms with Crippen molar-refractivity contribution in [2.75, 3.05) is 13.1 Å². The quantitative estimate of drug-likeness (QED) is 0.254. The molecule has 170 valence electrons. The third-order valence-corrected chi connectivity index (χ3v) is 4.65. The first-order valence-corrected chi connectivity index (χ1v) is 10.4. The number of carbonyl (C=O) groups excluding carboxylic acids is 1. The number of aromatic nitrogens is 1. The van der Waals surface area contributed by atoms with Crippen LogP contribution < -0.4 is 16.0 Å². The maximum absolute atomic E-state index is 11.9. The zero-order chi connectivity index (χ0) is 21.3. The van der Waals surface area contributed by atoms with Gasteiger partial charge in [-0.1, -0.05) is 0 Å². The Labute approximate surface area is 196 Å². The number of ether oxygens (including phenoxy) is 1. The zero-order valence-corrected chi connectivity index (χ0v) is 20.7. The number of nitrogens with one attached hydrogen (secondary N) is 3. The summed E-state index contributed by atoms with van der Waals surface area (Å²) in [6.45, 7) is 8.61. The number of rotatable bonds is 6. The van der Waals surface area contributed by atoms with Gasteiger partial charge in [-0.05, 0) is 71.1 Å². The van der Waals surface area contributed by atoms with Crippen LogP contribution in [0.4, 0.5) is 4.79 Å². The van der Waals surface area contributed by atoms with E-state index in [1.807, 2.05) is 27.7 Å². The number of alkyl carbamates (subject to hydrolysis) is 1. The first kappa shape index (κ1) is 26.4. The Morgan fingerprint density at radius 1 is 1.20 bits per heavy atom. The Hall–Kier alpha value is -1.62. The smallest absolute Gasteiger partial charge is 0.407 e. The molecule has 1 heterocycles. The fourth-order valence-electron chi connectivity index (χ4n) is 3.24. The van der Waals surface area contributed by atoms with Crippen LogP contribution >= 0.6 is 24.0 Å². The van der Waals surface area contributed by atoms with Gasteiger partial charge in [-0.3, -0.25) is 9.98 Å². The van der Waals surface area contributed by atoms with E-state index in [4.69, 9.17) is 4.74 Å². The highest BCUT2D eigenvalue weighted by atomic mass is 127. The summed E-state index contributed by atoms with van der Waals surface area (Å²) < 4.78 is 5.33. The summed E-state index contributed by atoms with van der Waals surface area (Å²) in [6.07, 6.45) is 5.93. The van der Waals surface area contributed by atoms with Crippen LogP contribution in [0.25, 0.3) is 0 Å². The number of amides is 1. The van der Waals surface area contributed by atoms with Crippen molar-refractivity contribution in [3.05, 3.63) is 30.1 Å². The van der Waals surface area contributed by atoms with Crippen molar-refractivity contribution < 1.29 is 14.6 Å². The molecule has 1 atom stereocenters. The van der Waals surface area contributed by atoms with Crippen LogP contribution in [0.3, 0.4) is 0 Å². The predicted molar refractivity (Wildman–Crippen MR) is 129 cm³/mol. The Morgan fingerprint density at radius 2 is 1.77 bits per heavy atom. The molecule has 8 nitrogen and oxygen atoms in total. The lowest BCUT2D eigenvalue weighted by molar-refractivity contribution is 0.0490. The highest BCUT2D eigenvalue weighted by molar-refractivity contribution is 14.0. The van der Waals surface area contributed by atoms with E-state index >= 15 is 0 Å². The van der Waals surface area contributed by atoms with Crippen molar-refractivity contribution >= 4 is 36.0 Å². The fourth-order valence-corrected chi connectivity index (χ4v) is 3.24. The van der Waals surface area contributed by atoms with Crippen LogP contribution in [0, 0.1) is 0 Å². The first-order chi connectivity index (χ1) is 13.8. The molecule has 0 spiro atoms. The predicted octanol–water partition coefficient (Wildman–Crippen LogP) is 3.12. The average molecular weight is 533 g/mol. The molecular formula is C21H36IN5O3. The Balaban J connectivity index is 0.00000450. The molecule has 4 N–H and O–H groups in total. The summed E-state index contributed by atoms with van der Waals surface area (Å²) in [6, 6.07) is 4.00. The Morgan fingerprint density at radius 3 is 2.30 bits per heavy atom. The second kappa shape index (κ2) is 12.9. The van der Waals surface area contributed by atoms with E-state index in [-0.39, 0.29) is 48.7 Å². The van der Waals surface area contributed by atoms with Gasteiger partial charge in [0.05, 0.1) is 12.6 Å². The molecule has 1 aromatic rings. The van der Waals surface area contributed by atoms with Gasteiger partial charge >= 0.3 is 6.09 Å². The van der Waals surface area contributed by atoms with E-state index in [2.05, 4.69) is 25.9 Å². The molecule has 1 amide bonds. The lowest BCUT2D eigenvalue weighted by Crippen LogP contribution is -2.48. The molecule has 0 aliphatic heterocycles. The average Bonchev–Trinajstić information content (AvgIpc) is 2.66. The van der Waals surface area contributed by atoms with Crippen LogP contribution in [-0.2, 0) is 4.74 Å². The van der Waals surface area contributed by atoms with Gasteiger partial charge in [0.1, 0.15) is 5.60 Å². The molecule has 9 heteroatoms. The minimum atomic E-state index is -0.665. The minimum Gasteiger partial charge on any atom is -0.444 e. The summed E-state index contributed by atoms with van der Waals surface area (Å²) in [5.74, 6) is 0.698. The Kier molecular flexibility index (Phi) is 11.4. The fraction of sp³-hybridized carbons (Fsp3) is 0.667. The lowest BCUT2D eigenvalue weighted by atomic mass is 9.91. The number of hydrogen-bond acceptors (Lipinski definition) is 5. The van der Waals surface area contributed by atoms with Gasteiger partial charge in [-0.25, -0.2) is 4.79 Å². The van der Waals surface area contributed by atoms with Gasteiger partial charge in [0.2, 0.25) is 0 Å². The summed E-state index contributed by atoms with van der Waals surface area (Å²) in [4.78, 5) is 20.4. The Bertz CT molecular complexity index is 658. The molecule has 0 bridgehead atoms. The maximum Gasteiger partial charge on any atom is 0.407 e. The van der Waals surface area contributed by atoms with Gasteiger partial charge in [-0.15, -0.1) is 24.0 Å². The summed E-state index contributed by atoms with van der Waals surface area (Å²) in [7, 11) is 0. The number of hydrogen-bond donors (Lipinski definition) is 4. The van der Waals surface area contributed by atoms with Crippen molar-refractivity contribution in [2.24, 2.45) is 4.99 Å². The van der Waals surface area contributed by atoms with E-state index in [1.54, 1.807) is 24.5 Å². The summed E-state index contributed by atoms with van der Waals surface area (Å²) in [5, 5.41) is 19.9. The number of aliphatic imine (C=N–C) groups is 1. The number of pyridine rings is 1. The van der Waals surface area contributed by atoms with Gasteiger partial charge in [-0.2, -0.15) is 0 Å². The van der Waals surface area contributed by atoms with Crippen LogP contribution in [-0.4, -0.2) is 52.9 Å². The molecule has 1 aliphatic carbocycles. The number of carbonyl (C=O) groups is 1. The number of aliphatic hydroxyl groups is 1.